The van der Waals surface area contributed by atoms with Gasteiger partial charge in [0, 0.05) is 18.5 Å². The van der Waals surface area contributed by atoms with E-state index in [0.717, 1.165) is 5.92 Å². The zero-order chi connectivity index (χ0) is 10.7. The predicted octanol–water partition coefficient (Wildman–Crippen LogP) is 3.74. The molecule has 1 fully saturated rings. The molecule has 0 N–H and O–H groups in total. The van der Waals surface area contributed by atoms with Crippen molar-refractivity contribution in [2.24, 2.45) is 5.92 Å². The molecule has 1 aliphatic rings. The van der Waals surface area contributed by atoms with E-state index in [1.165, 1.54) is 37.7 Å². The van der Waals surface area contributed by atoms with Gasteiger partial charge in [-0.2, -0.15) is 0 Å². The van der Waals surface area contributed by atoms with Gasteiger partial charge in [0.05, 0.1) is 0 Å². The van der Waals surface area contributed by atoms with E-state index in [0.29, 0.717) is 0 Å². The van der Waals surface area contributed by atoms with Gasteiger partial charge in [-0.05, 0) is 29.4 Å². The topological polar surface area (TPSA) is 12.9 Å². The highest BCUT2D eigenvalue weighted by Crippen LogP contribution is 2.37. The van der Waals surface area contributed by atoms with Crippen molar-refractivity contribution in [3.63, 3.8) is 0 Å². The molecule has 0 amide bonds. The molecule has 2 rings (SSSR count). The Hall–Kier alpha value is -0.850. The lowest BCUT2D eigenvalue weighted by molar-refractivity contribution is 0.364. The Morgan fingerprint density at radius 3 is 2.73 bits per heavy atom. The molecule has 1 aliphatic carbocycles. The van der Waals surface area contributed by atoms with Gasteiger partial charge >= 0.3 is 0 Å². The van der Waals surface area contributed by atoms with E-state index in [1.807, 2.05) is 6.20 Å². The van der Waals surface area contributed by atoms with Crippen LogP contribution in [0.3, 0.4) is 0 Å². The number of hydrogen-bond donors (Lipinski definition) is 0. The molecule has 1 nitrogen and oxygen atoms in total. The van der Waals surface area contributed by atoms with Crippen molar-refractivity contribution in [2.75, 3.05) is 0 Å². The third-order valence-electron chi connectivity index (χ3n) is 3.62. The Morgan fingerprint density at radius 1 is 1.40 bits per heavy atom. The fourth-order valence-electron chi connectivity index (χ4n) is 2.78. The maximum atomic E-state index is 4.04. The first kappa shape index (κ1) is 10.7. The highest BCUT2D eigenvalue weighted by Gasteiger charge is 2.27. The van der Waals surface area contributed by atoms with Crippen molar-refractivity contribution in [3.05, 3.63) is 30.1 Å². The number of hydrogen-bond acceptors (Lipinski definition) is 1. The van der Waals surface area contributed by atoms with E-state index in [2.05, 4.69) is 31.0 Å². The van der Waals surface area contributed by atoms with E-state index in [-0.39, 0.29) is 5.41 Å². The highest BCUT2D eigenvalue weighted by atomic mass is 14.6. The maximum absolute atomic E-state index is 4.04. The molecule has 1 saturated carbocycles. The van der Waals surface area contributed by atoms with E-state index >= 15 is 0 Å². The van der Waals surface area contributed by atoms with Gasteiger partial charge in [0.15, 0.2) is 0 Å². The highest BCUT2D eigenvalue weighted by molar-refractivity contribution is 5.19. The average molecular weight is 202 g/mol. The lowest BCUT2D eigenvalue weighted by Gasteiger charge is -2.28. The summed E-state index contributed by atoms with van der Waals surface area (Å²) in [5.74, 6) is 0.932. The van der Waals surface area contributed by atoms with Crippen molar-refractivity contribution < 1.29 is 0 Å². The molecule has 1 aromatic rings. The van der Waals surface area contributed by atoms with Crippen molar-refractivity contribution in [2.45, 2.75) is 51.4 Å². The summed E-state index contributed by atoms with van der Waals surface area (Å²) >= 11 is 0. The van der Waals surface area contributed by atoms with Crippen LogP contribution in [0.15, 0.2) is 18.5 Å². The number of pyridine rings is 1. The second-order valence-corrected chi connectivity index (χ2v) is 5.39. The molecule has 0 unspecified atom stereocenters. The molecule has 0 bridgehead atoms. The molecular formula is C14H20N. The lowest BCUT2D eigenvalue weighted by atomic mass is 9.77. The van der Waals surface area contributed by atoms with Gasteiger partial charge in [0.1, 0.15) is 0 Å². The first-order valence-electron chi connectivity index (χ1n) is 6.01. The zero-order valence-electron chi connectivity index (χ0n) is 9.79. The van der Waals surface area contributed by atoms with Crippen LogP contribution in [0.1, 0.15) is 51.5 Å². The molecule has 81 valence electrons. The van der Waals surface area contributed by atoms with Crippen molar-refractivity contribution >= 4 is 0 Å². The van der Waals surface area contributed by atoms with E-state index < -0.39 is 0 Å². The molecular weight excluding hydrogens is 182 g/mol. The summed E-state index contributed by atoms with van der Waals surface area (Å²) in [7, 11) is 0. The Kier molecular flexibility index (Phi) is 3.08. The van der Waals surface area contributed by atoms with Gasteiger partial charge in [-0.15, -0.1) is 0 Å². The first-order chi connectivity index (χ1) is 7.18. The van der Waals surface area contributed by atoms with Crippen LogP contribution < -0.4 is 0 Å². The minimum atomic E-state index is 0.262. The van der Waals surface area contributed by atoms with Crippen LogP contribution in [0.25, 0.3) is 0 Å². The molecule has 0 atom stereocenters. The molecule has 1 heteroatoms. The average Bonchev–Trinajstić information content (AvgIpc) is 2.71. The molecule has 15 heavy (non-hydrogen) atoms. The standard InChI is InChI=1S/C14H20N/c1-14(2,11-12-5-3-4-6-12)13-7-9-15-10-8-13/h7,9-10,12H,3-6,11H2,1-2H3. The van der Waals surface area contributed by atoms with Crippen molar-refractivity contribution in [1.29, 1.82) is 0 Å². The number of rotatable bonds is 3. The number of aromatic nitrogens is 1. The first-order valence-corrected chi connectivity index (χ1v) is 6.01. The zero-order valence-corrected chi connectivity index (χ0v) is 9.79. The van der Waals surface area contributed by atoms with Gasteiger partial charge in [-0.25, -0.2) is 0 Å². The van der Waals surface area contributed by atoms with Crippen LogP contribution in [0.5, 0.6) is 0 Å². The maximum Gasteiger partial charge on any atom is 0.0349 e. The largest absolute Gasteiger partial charge is 0.264 e. The molecule has 0 aromatic carbocycles. The lowest BCUT2D eigenvalue weighted by Crippen LogP contribution is -2.20. The third kappa shape index (κ3) is 2.58. The summed E-state index contributed by atoms with van der Waals surface area (Å²) in [6, 6.07) is 5.38. The Labute approximate surface area is 92.9 Å². The van der Waals surface area contributed by atoms with Crippen LogP contribution in [-0.2, 0) is 5.41 Å². The van der Waals surface area contributed by atoms with Gasteiger partial charge in [0.25, 0.3) is 0 Å². The fraction of sp³-hybridized carbons (Fsp3) is 0.643. The molecule has 1 heterocycles. The second kappa shape index (κ2) is 4.34. The van der Waals surface area contributed by atoms with Crippen molar-refractivity contribution in [1.82, 2.24) is 4.98 Å². The molecule has 1 radical (unpaired) electrons. The minimum absolute atomic E-state index is 0.262. The van der Waals surface area contributed by atoms with Crippen LogP contribution in [0, 0.1) is 12.0 Å². The van der Waals surface area contributed by atoms with Gasteiger partial charge in [0.2, 0.25) is 0 Å². The van der Waals surface area contributed by atoms with Crippen LogP contribution in [-0.4, -0.2) is 4.98 Å². The Morgan fingerprint density at radius 2 is 2.13 bits per heavy atom. The van der Waals surface area contributed by atoms with Crippen LogP contribution in [0.2, 0.25) is 0 Å². The number of nitrogens with zero attached hydrogens (tertiary/aromatic N) is 1. The molecule has 0 spiro atoms. The van der Waals surface area contributed by atoms with E-state index in [4.69, 9.17) is 0 Å². The summed E-state index contributed by atoms with van der Waals surface area (Å²) in [6.45, 7) is 4.66. The van der Waals surface area contributed by atoms with E-state index in [1.54, 1.807) is 6.20 Å². The van der Waals surface area contributed by atoms with Crippen molar-refractivity contribution in [3.8, 4) is 0 Å². The Balaban J connectivity index is 2.05. The summed E-state index contributed by atoms with van der Waals surface area (Å²) < 4.78 is 0. The summed E-state index contributed by atoms with van der Waals surface area (Å²) in [5, 5.41) is 0. The summed E-state index contributed by atoms with van der Waals surface area (Å²) in [4.78, 5) is 4.04. The smallest absolute Gasteiger partial charge is 0.0349 e. The van der Waals surface area contributed by atoms with Gasteiger partial charge in [-0.1, -0.05) is 39.5 Å². The predicted molar refractivity (Wildman–Crippen MR) is 62.7 cm³/mol. The Bertz CT molecular complexity index is 296. The molecule has 1 aromatic heterocycles. The summed E-state index contributed by atoms with van der Waals surface area (Å²) in [5.41, 5.74) is 1.57. The minimum Gasteiger partial charge on any atom is -0.264 e. The molecule has 0 aliphatic heterocycles. The quantitative estimate of drug-likeness (QED) is 0.727. The second-order valence-electron chi connectivity index (χ2n) is 5.39. The SMILES string of the molecule is CC(C)(CC1CCCC1)c1[c]cncc1. The summed E-state index contributed by atoms with van der Waals surface area (Å²) in [6.07, 6.45) is 10.7. The third-order valence-corrected chi connectivity index (χ3v) is 3.62. The van der Waals surface area contributed by atoms with Gasteiger partial charge in [-0.3, -0.25) is 4.98 Å². The monoisotopic (exact) mass is 202 g/mol. The molecule has 0 saturated heterocycles. The van der Waals surface area contributed by atoms with Gasteiger partial charge < -0.3 is 0 Å². The van der Waals surface area contributed by atoms with Crippen LogP contribution in [0.4, 0.5) is 0 Å². The normalized spacial score (nSPS) is 18.3. The van der Waals surface area contributed by atoms with Crippen LogP contribution >= 0.6 is 0 Å². The fourth-order valence-corrected chi connectivity index (χ4v) is 2.78. The van der Waals surface area contributed by atoms with E-state index in [9.17, 15) is 0 Å².